The number of nitrogens with zero attached hydrogens (tertiary/aromatic N) is 1. The second-order valence-corrected chi connectivity index (χ2v) is 3.97. The van der Waals surface area contributed by atoms with E-state index in [0.717, 1.165) is 10.8 Å². The summed E-state index contributed by atoms with van der Waals surface area (Å²) in [6.07, 6.45) is 2.12. The van der Waals surface area contributed by atoms with E-state index in [1.54, 1.807) is 18.3 Å². The Balaban J connectivity index is 2.30. The maximum Gasteiger partial charge on any atom is 0.270 e. The molecule has 94 valence electrons. The number of aliphatic hydroxyl groups excluding tert-OH is 1. The third-order valence-electron chi connectivity index (χ3n) is 2.62. The van der Waals surface area contributed by atoms with Crippen LogP contribution in [-0.2, 0) is 0 Å². The summed E-state index contributed by atoms with van der Waals surface area (Å²) in [5, 5.41) is 13.0. The largest absolute Gasteiger partial charge is 0.399 e. The van der Waals surface area contributed by atoms with Gasteiger partial charge in [0.15, 0.2) is 0 Å². The standard InChI is InChI=1S/C13H15N3O2/c14-10-2-3-11-9(8-10)4-6-15-12(11)13(18)16-5-1-7-17/h2-4,6,8,17H,1,5,7,14H2,(H,16,18). The Morgan fingerprint density at radius 1 is 1.39 bits per heavy atom. The summed E-state index contributed by atoms with van der Waals surface area (Å²) in [7, 11) is 0. The van der Waals surface area contributed by atoms with Crippen molar-refractivity contribution in [3.63, 3.8) is 0 Å². The average Bonchev–Trinajstić information content (AvgIpc) is 2.37. The predicted molar refractivity (Wildman–Crippen MR) is 70.2 cm³/mol. The van der Waals surface area contributed by atoms with Gasteiger partial charge >= 0.3 is 0 Å². The van der Waals surface area contributed by atoms with E-state index < -0.39 is 0 Å². The highest BCUT2D eigenvalue weighted by Crippen LogP contribution is 2.19. The van der Waals surface area contributed by atoms with Gasteiger partial charge in [-0.15, -0.1) is 0 Å². The summed E-state index contributed by atoms with van der Waals surface area (Å²) >= 11 is 0. The van der Waals surface area contributed by atoms with Crippen LogP contribution in [0.5, 0.6) is 0 Å². The third-order valence-corrected chi connectivity index (χ3v) is 2.62. The molecule has 0 unspecified atom stereocenters. The number of anilines is 1. The van der Waals surface area contributed by atoms with E-state index in [1.807, 2.05) is 12.1 Å². The molecule has 0 fully saturated rings. The molecule has 0 atom stereocenters. The van der Waals surface area contributed by atoms with Crippen molar-refractivity contribution in [3.05, 3.63) is 36.2 Å². The molecule has 0 radical (unpaired) electrons. The number of hydrogen-bond acceptors (Lipinski definition) is 4. The van der Waals surface area contributed by atoms with Gasteiger partial charge in [-0.1, -0.05) is 0 Å². The number of rotatable bonds is 4. The predicted octanol–water partition coefficient (Wildman–Crippen LogP) is 0.929. The highest BCUT2D eigenvalue weighted by Gasteiger charge is 2.10. The molecule has 1 amide bonds. The molecule has 5 heteroatoms. The molecule has 18 heavy (non-hydrogen) atoms. The lowest BCUT2D eigenvalue weighted by Gasteiger charge is -2.07. The Bertz CT molecular complexity index is 569. The topological polar surface area (TPSA) is 88.2 Å². The van der Waals surface area contributed by atoms with Gasteiger partial charge in [0.1, 0.15) is 5.69 Å². The highest BCUT2D eigenvalue weighted by molar-refractivity contribution is 6.05. The van der Waals surface area contributed by atoms with Crippen molar-refractivity contribution >= 4 is 22.4 Å². The molecule has 2 rings (SSSR count). The zero-order chi connectivity index (χ0) is 13.0. The van der Waals surface area contributed by atoms with Crippen LogP contribution in [0.2, 0.25) is 0 Å². The van der Waals surface area contributed by atoms with Gasteiger partial charge in [0.25, 0.3) is 5.91 Å². The minimum absolute atomic E-state index is 0.0553. The molecule has 2 aromatic rings. The van der Waals surface area contributed by atoms with E-state index >= 15 is 0 Å². The van der Waals surface area contributed by atoms with Crippen molar-refractivity contribution in [2.75, 3.05) is 18.9 Å². The summed E-state index contributed by atoms with van der Waals surface area (Å²) in [5.74, 6) is -0.237. The first kappa shape index (κ1) is 12.3. The van der Waals surface area contributed by atoms with Crippen LogP contribution < -0.4 is 11.1 Å². The van der Waals surface area contributed by atoms with Crippen molar-refractivity contribution in [1.82, 2.24) is 10.3 Å². The zero-order valence-corrected chi connectivity index (χ0v) is 9.89. The molecule has 0 saturated carbocycles. The molecule has 0 aliphatic carbocycles. The minimum atomic E-state index is -0.237. The molecule has 1 heterocycles. The number of aliphatic hydroxyl groups is 1. The molecule has 0 aliphatic rings. The molecule has 1 aromatic heterocycles. The summed E-state index contributed by atoms with van der Waals surface area (Å²) in [6.45, 7) is 0.488. The molecule has 0 aliphatic heterocycles. The minimum Gasteiger partial charge on any atom is -0.399 e. The summed E-state index contributed by atoms with van der Waals surface area (Å²) in [6, 6.07) is 7.16. The van der Waals surface area contributed by atoms with Crippen LogP contribution >= 0.6 is 0 Å². The molecule has 0 bridgehead atoms. The fourth-order valence-corrected chi connectivity index (χ4v) is 1.74. The van der Waals surface area contributed by atoms with E-state index in [2.05, 4.69) is 10.3 Å². The number of nitrogens with two attached hydrogens (primary N) is 1. The van der Waals surface area contributed by atoms with Gasteiger partial charge in [-0.05, 0) is 36.1 Å². The van der Waals surface area contributed by atoms with Crippen molar-refractivity contribution < 1.29 is 9.90 Å². The van der Waals surface area contributed by atoms with Gasteiger partial charge in [0.2, 0.25) is 0 Å². The third kappa shape index (κ3) is 2.57. The van der Waals surface area contributed by atoms with Crippen LogP contribution in [0.15, 0.2) is 30.5 Å². The smallest absolute Gasteiger partial charge is 0.270 e. The molecule has 0 spiro atoms. The van der Waals surface area contributed by atoms with Crippen molar-refractivity contribution in [3.8, 4) is 0 Å². The number of carbonyl (C=O) groups excluding carboxylic acids is 1. The van der Waals surface area contributed by atoms with Gasteiger partial charge in [-0.3, -0.25) is 9.78 Å². The number of pyridine rings is 1. The van der Waals surface area contributed by atoms with E-state index in [1.165, 1.54) is 0 Å². The molecule has 4 N–H and O–H groups in total. The van der Waals surface area contributed by atoms with Crippen LogP contribution in [0.4, 0.5) is 5.69 Å². The van der Waals surface area contributed by atoms with E-state index in [9.17, 15) is 4.79 Å². The van der Waals surface area contributed by atoms with Crippen molar-refractivity contribution in [1.29, 1.82) is 0 Å². The summed E-state index contributed by atoms with van der Waals surface area (Å²) in [5.41, 5.74) is 6.73. The summed E-state index contributed by atoms with van der Waals surface area (Å²) in [4.78, 5) is 16.0. The average molecular weight is 245 g/mol. The number of hydrogen-bond donors (Lipinski definition) is 3. The first-order valence-electron chi connectivity index (χ1n) is 5.75. The Kier molecular flexibility index (Phi) is 3.74. The maximum absolute atomic E-state index is 11.9. The van der Waals surface area contributed by atoms with Gasteiger partial charge in [0.05, 0.1) is 0 Å². The number of fused-ring (bicyclic) bond motifs is 1. The number of benzene rings is 1. The number of aromatic nitrogens is 1. The molecule has 1 aromatic carbocycles. The van der Waals surface area contributed by atoms with E-state index in [4.69, 9.17) is 10.8 Å². The Morgan fingerprint density at radius 2 is 2.22 bits per heavy atom. The van der Waals surface area contributed by atoms with Crippen molar-refractivity contribution in [2.24, 2.45) is 0 Å². The van der Waals surface area contributed by atoms with Crippen LogP contribution in [-0.4, -0.2) is 29.1 Å². The number of carbonyl (C=O) groups is 1. The Hall–Kier alpha value is -2.14. The van der Waals surface area contributed by atoms with Crippen LogP contribution in [0.3, 0.4) is 0 Å². The summed E-state index contributed by atoms with van der Waals surface area (Å²) < 4.78 is 0. The lowest BCUT2D eigenvalue weighted by molar-refractivity contribution is 0.0948. The van der Waals surface area contributed by atoms with Gasteiger partial charge in [-0.2, -0.15) is 0 Å². The van der Waals surface area contributed by atoms with Crippen LogP contribution in [0.1, 0.15) is 16.9 Å². The van der Waals surface area contributed by atoms with Gasteiger partial charge in [-0.25, -0.2) is 0 Å². The first-order valence-corrected chi connectivity index (χ1v) is 5.75. The normalized spacial score (nSPS) is 10.5. The maximum atomic E-state index is 11.9. The lowest BCUT2D eigenvalue weighted by Crippen LogP contribution is -2.26. The van der Waals surface area contributed by atoms with Crippen molar-refractivity contribution in [2.45, 2.75) is 6.42 Å². The number of nitrogen functional groups attached to an aromatic ring is 1. The Morgan fingerprint density at radius 3 is 3.00 bits per heavy atom. The van der Waals surface area contributed by atoms with E-state index in [0.29, 0.717) is 24.3 Å². The molecular weight excluding hydrogens is 230 g/mol. The fraction of sp³-hybridized carbons (Fsp3) is 0.231. The highest BCUT2D eigenvalue weighted by atomic mass is 16.3. The number of amides is 1. The van der Waals surface area contributed by atoms with Gasteiger partial charge in [0, 0.05) is 30.4 Å². The SMILES string of the molecule is Nc1ccc2c(C(=O)NCCCO)nccc2c1. The quantitative estimate of drug-likeness (QED) is 0.552. The zero-order valence-electron chi connectivity index (χ0n) is 9.89. The second-order valence-electron chi connectivity index (χ2n) is 3.97. The van der Waals surface area contributed by atoms with Crippen LogP contribution in [0.25, 0.3) is 10.8 Å². The molecule has 5 nitrogen and oxygen atoms in total. The number of nitrogens with one attached hydrogen (secondary N) is 1. The Labute approximate surface area is 105 Å². The van der Waals surface area contributed by atoms with Crippen LogP contribution in [0, 0.1) is 0 Å². The lowest BCUT2D eigenvalue weighted by atomic mass is 10.1. The molecule has 0 saturated heterocycles. The van der Waals surface area contributed by atoms with Gasteiger partial charge < -0.3 is 16.2 Å². The second kappa shape index (κ2) is 5.46. The first-order chi connectivity index (χ1) is 8.72. The van der Waals surface area contributed by atoms with E-state index in [-0.39, 0.29) is 12.5 Å². The fourth-order valence-electron chi connectivity index (χ4n) is 1.74. The molecular formula is C13H15N3O2. The monoisotopic (exact) mass is 245 g/mol.